The molecule has 1 aliphatic carbocycles. The first-order valence-corrected chi connectivity index (χ1v) is 11.0. The fraction of sp³-hybridized carbons (Fsp3) is 0.609. The molecule has 2 heterocycles. The van der Waals surface area contributed by atoms with Gasteiger partial charge in [-0.15, -0.1) is 0 Å². The van der Waals surface area contributed by atoms with Crippen LogP contribution in [-0.4, -0.2) is 54.1 Å². The van der Waals surface area contributed by atoms with Crippen molar-refractivity contribution in [2.75, 3.05) is 31.1 Å². The van der Waals surface area contributed by atoms with Crippen LogP contribution in [0.4, 0.5) is 14.9 Å². The van der Waals surface area contributed by atoms with Crippen LogP contribution >= 0.6 is 0 Å². The molecule has 168 valence electrons. The molecule has 1 saturated heterocycles. The predicted octanol–water partition coefficient (Wildman–Crippen LogP) is 3.13. The lowest BCUT2D eigenvalue weighted by atomic mass is 9.68. The fourth-order valence-electron chi connectivity index (χ4n) is 5.05. The lowest BCUT2D eigenvalue weighted by Gasteiger charge is -2.43. The first-order valence-electron chi connectivity index (χ1n) is 11.0. The van der Waals surface area contributed by atoms with E-state index < -0.39 is 28.6 Å². The smallest absolute Gasteiger partial charge is 0.328 e. The summed E-state index contributed by atoms with van der Waals surface area (Å²) in [5.74, 6) is -1.27. The Morgan fingerprint density at radius 2 is 1.90 bits per heavy atom. The molecule has 2 fully saturated rings. The summed E-state index contributed by atoms with van der Waals surface area (Å²) < 4.78 is 13.8. The Bertz CT molecular complexity index is 904. The number of aliphatic carboxylic acids is 1. The molecule has 1 aromatic carbocycles. The molecular weight excluding hydrogens is 401 g/mol. The highest BCUT2D eigenvalue weighted by atomic mass is 19.1. The van der Waals surface area contributed by atoms with Gasteiger partial charge in [-0.2, -0.15) is 0 Å². The summed E-state index contributed by atoms with van der Waals surface area (Å²) in [5, 5.41) is 12.4. The number of imide groups is 1. The number of nitrogens with one attached hydrogen (secondary N) is 1. The van der Waals surface area contributed by atoms with Gasteiger partial charge < -0.3 is 15.3 Å². The fourth-order valence-corrected chi connectivity index (χ4v) is 5.05. The summed E-state index contributed by atoms with van der Waals surface area (Å²) in [7, 11) is 0. The number of piperidine rings is 1. The molecule has 3 aliphatic rings. The first-order chi connectivity index (χ1) is 14.6. The Balaban J connectivity index is 1.32. The van der Waals surface area contributed by atoms with Gasteiger partial charge in [-0.05, 0) is 76.2 Å². The molecule has 0 spiro atoms. The number of halogens is 1. The third-order valence-corrected chi connectivity index (χ3v) is 7.35. The van der Waals surface area contributed by atoms with Crippen molar-refractivity contribution in [3.8, 4) is 0 Å². The van der Waals surface area contributed by atoms with Gasteiger partial charge in [-0.1, -0.05) is 12.5 Å². The minimum absolute atomic E-state index is 0.264. The van der Waals surface area contributed by atoms with Crippen LogP contribution in [0.1, 0.15) is 51.5 Å². The number of likely N-dealkylation sites (tertiary alicyclic amines) is 1. The van der Waals surface area contributed by atoms with E-state index in [2.05, 4.69) is 10.2 Å². The van der Waals surface area contributed by atoms with Crippen molar-refractivity contribution in [3.63, 3.8) is 0 Å². The molecule has 2 aliphatic heterocycles. The molecule has 1 saturated carbocycles. The quantitative estimate of drug-likeness (QED) is 0.748. The van der Waals surface area contributed by atoms with Crippen molar-refractivity contribution >= 4 is 23.6 Å². The van der Waals surface area contributed by atoms with Gasteiger partial charge in [0.05, 0.1) is 16.5 Å². The van der Waals surface area contributed by atoms with Gasteiger partial charge in [0, 0.05) is 13.1 Å². The van der Waals surface area contributed by atoms with Crippen LogP contribution in [0.2, 0.25) is 0 Å². The number of carbonyl (C=O) groups excluding carboxylic acids is 2. The highest BCUT2D eigenvalue weighted by molar-refractivity contribution is 6.22. The second-order valence-electron chi connectivity index (χ2n) is 9.77. The minimum atomic E-state index is -0.882. The zero-order chi connectivity index (χ0) is 22.4. The molecule has 8 heteroatoms. The molecule has 0 unspecified atom stereocenters. The lowest BCUT2D eigenvalue weighted by Crippen LogP contribution is -2.51. The summed E-state index contributed by atoms with van der Waals surface area (Å²) in [6.07, 6.45) is 4.20. The summed E-state index contributed by atoms with van der Waals surface area (Å²) in [4.78, 5) is 40.5. The number of carboxylic acid groups (broad SMARTS) is 1. The molecule has 7 nitrogen and oxygen atoms in total. The molecule has 0 radical (unpaired) electrons. The maximum absolute atomic E-state index is 13.8. The monoisotopic (exact) mass is 431 g/mol. The molecule has 1 aromatic rings. The normalized spacial score (nSPS) is 22.7. The van der Waals surface area contributed by atoms with Crippen molar-refractivity contribution in [1.29, 1.82) is 0 Å². The predicted molar refractivity (Wildman–Crippen MR) is 113 cm³/mol. The maximum Gasteiger partial charge on any atom is 0.328 e. The Kier molecular flexibility index (Phi) is 5.54. The SMILES string of the molecule is CC1(C)C(=O)N(C(=O)NCC2CCN(CC3(C(=O)O)CCC3)CC2)c2cc(F)ccc21. The standard InChI is InChI=1S/C23H30FN3O4/c1-22(2)17-5-4-16(24)12-18(17)27(19(22)28)21(31)25-13-15-6-10-26(11-7-15)14-23(20(29)30)8-3-9-23/h4-5,12,15H,3,6-11,13-14H2,1-2H3,(H,25,31)(H,29,30). The van der Waals surface area contributed by atoms with Crippen molar-refractivity contribution in [1.82, 2.24) is 10.2 Å². The van der Waals surface area contributed by atoms with Gasteiger partial charge in [0.1, 0.15) is 5.82 Å². The van der Waals surface area contributed by atoms with Crippen LogP contribution in [0, 0.1) is 17.2 Å². The zero-order valence-electron chi connectivity index (χ0n) is 18.1. The number of nitrogens with zero attached hydrogens (tertiary/aromatic N) is 2. The highest BCUT2D eigenvalue weighted by Crippen LogP contribution is 2.43. The average Bonchev–Trinajstić information content (AvgIpc) is 2.88. The molecular formula is C23H30FN3O4. The summed E-state index contributed by atoms with van der Waals surface area (Å²) in [6.45, 7) is 6.12. The number of urea groups is 1. The number of rotatable bonds is 5. The van der Waals surface area contributed by atoms with Gasteiger partial charge in [0.25, 0.3) is 0 Å². The average molecular weight is 432 g/mol. The maximum atomic E-state index is 13.8. The molecule has 3 amide bonds. The number of amides is 3. The van der Waals surface area contributed by atoms with Crippen LogP contribution in [0.3, 0.4) is 0 Å². The summed E-state index contributed by atoms with van der Waals surface area (Å²) in [5.41, 5.74) is -0.507. The summed E-state index contributed by atoms with van der Waals surface area (Å²) in [6, 6.07) is 3.58. The van der Waals surface area contributed by atoms with Crippen LogP contribution in [0.25, 0.3) is 0 Å². The number of benzene rings is 1. The summed E-state index contributed by atoms with van der Waals surface area (Å²) >= 11 is 0. The number of carbonyl (C=O) groups is 3. The Labute approximate surface area is 181 Å². The van der Waals surface area contributed by atoms with E-state index in [0.717, 1.165) is 50.1 Å². The topological polar surface area (TPSA) is 90.0 Å². The van der Waals surface area contributed by atoms with Gasteiger partial charge in [0.2, 0.25) is 5.91 Å². The van der Waals surface area contributed by atoms with E-state index in [-0.39, 0.29) is 11.8 Å². The van der Waals surface area contributed by atoms with Crippen LogP contribution in [0.15, 0.2) is 18.2 Å². The van der Waals surface area contributed by atoms with Crippen LogP contribution < -0.4 is 10.2 Å². The Morgan fingerprint density at radius 3 is 2.48 bits per heavy atom. The Morgan fingerprint density at radius 1 is 1.23 bits per heavy atom. The second kappa shape index (κ2) is 7.89. The molecule has 2 N–H and O–H groups in total. The molecule has 31 heavy (non-hydrogen) atoms. The Hall–Kier alpha value is -2.48. The third kappa shape index (κ3) is 3.82. The van der Waals surface area contributed by atoms with E-state index in [0.29, 0.717) is 24.3 Å². The number of carboxylic acids is 1. The highest BCUT2D eigenvalue weighted by Gasteiger charge is 2.47. The van der Waals surface area contributed by atoms with E-state index in [1.807, 2.05) is 0 Å². The number of hydrogen-bond acceptors (Lipinski definition) is 4. The van der Waals surface area contributed by atoms with Crippen molar-refractivity contribution < 1.29 is 23.9 Å². The van der Waals surface area contributed by atoms with Crippen molar-refractivity contribution in [3.05, 3.63) is 29.6 Å². The molecule has 0 aromatic heterocycles. The zero-order valence-corrected chi connectivity index (χ0v) is 18.1. The molecule has 4 rings (SSSR count). The van der Waals surface area contributed by atoms with E-state index >= 15 is 0 Å². The van der Waals surface area contributed by atoms with E-state index in [9.17, 15) is 23.9 Å². The van der Waals surface area contributed by atoms with Crippen LogP contribution in [0.5, 0.6) is 0 Å². The van der Waals surface area contributed by atoms with Crippen molar-refractivity contribution in [2.24, 2.45) is 11.3 Å². The lowest BCUT2D eigenvalue weighted by molar-refractivity contribution is -0.156. The minimum Gasteiger partial charge on any atom is -0.481 e. The largest absolute Gasteiger partial charge is 0.481 e. The second-order valence-corrected chi connectivity index (χ2v) is 9.77. The molecule has 0 bridgehead atoms. The van der Waals surface area contributed by atoms with Gasteiger partial charge in [0.15, 0.2) is 0 Å². The number of anilines is 1. The van der Waals surface area contributed by atoms with Gasteiger partial charge in [-0.3, -0.25) is 9.59 Å². The number of fused-ring (bicyclic) bond motifs is 1. The van der Waals surface area contributed by atoms with Gasteiger partial charge in [-0.25, -0.2) is 14.1 Å². The number of hydrogen-bond donors (Lipinski definition) is 2. The van der Waals surface area contributed by atoms with E-state index in [4.69, 9.17) is 0 Å². The first kappa shape index (κ1) is 21.7. The molecule has 0 atom stereocenters. The third-order valence-electron chi connectivity index (χ3n) is 7.35. The van der Waals surface area contributed by atoms with Gasteiger partial charge >= 0.3 is 12.0 Å². The van der Waals surface area contributed by atoms with E-state index in [1.54, 1.807) is 19.9 Å². The van der Waals surface area contributed by atoms with Crippen LogP contribution in [-0.2, 0) is 15.0 Å². The van der Waals surface area contributed by atoms with E-state index in [1.165, 1.54) is 12.1 Å². The van der Waals surface area contributed by atoms with Crippen molar-refractivity contribution in [2.45, 2.75) is 51.4 Å².